The number of aromatic nitrogens is 1. The monoisotopic (exact) mass is 237 g/mol. The first-order valence-corrected chi connectivity index (χ1v) is 5.71. The van der Waals surface area contributed by atoms with Crippen LogP contribution in [-0.4, -0.2) is 11.4 Å². The SMILES string of the molecule is Cc1cccc2c(-c3ccccc3C=O)onc12. The Morgan fingerprint density at radius 2 is 1.94 bits per heavy atom. The highest BCUT2D eigenvalue weighted by Crippen LogP contribution is 2.31. The minimum absolute atomic E-state index is 0.608. The van der Waals surface area contributed by atoms with E-state index >= 15 is 0 Å². The smallest absolute Gasteiger partial charge is 0.175 e. The summed E-state index contributed by atoms with van der Waals surface area (Å²) in [5.41, 5.74) is 3.29. The number of fused-ring (bicyclic) bond motifs is 1. The van der Waals surface area contributed by atoms with Gasteiger partial charge in [0.25, 0.3) is 0 Å². The average molecular weight is 237 g/mol. The van der Waals surface area contributed by atoms with Crippen LogP contribution in [0.25, 0.3) is 22.2 Å². The molecule has 1 heterocycles. The summed E-state index contributed by atoms with van der Waals surface area (Å²) in [4.78, 5) is 11.1. The lowest BCUT2D eigenvalue weighted by Gasteiger charge is -2.00. The second-order valence-electron chi connectivity index (χ2n) is 4.19. The second kappa shape index (κ2) is 4.11. The van der Waals surface area contributed by atoms with Crippen molar-refractivity contribution >= 4 is 17.2 Å². The maximum atomic E-state index is 11.1. The summed E-state index contributed by atoms with van der Waals surface area (Å²) < 4.78 is 5.42. The number of hydrogen-bond acceptors (Lipinski definition) is 3. The molecule has 0 amide bonds. The minimum Gasteiger partial charge on any atom is -0.355 e. The van der Waals surface area contributed by atoms with Crippen molar-refractivity contribution < 1.29 is 9.32 Å². The molecule has 0 N–H and O–H groups in total. The fraction of sp³-hybridized carbons (Fsp3) is 0.0667. The predicted octanol–water partition coefficient (Wildman–Crippen LogP) is 3.62. The van der Waals surface area contributed by atoms with E-state index in [9.17, 15) is 4.79 Å². The molecule has 0 spiro atoms. The van der Waals surface area contributed by atoms with Crippen molar-refractivity contribution in [3.63, 3.8) is 0 Å². The van der Waals surface area contributed by atoms with Gasteiger partial charge in [0.2, 0.25) is 0 Å². The zero-order valence-corrected chi connectivity index (χ0v) is 9.88. The summed E-state index contributed by atoms with van der Waals surface area (Å²) in [6, 6.07) is 13.2. The van der Waals surface area contributed by atoms with E-state index in [1.165, 1.54) is 0 Å². The molecule has 2 aromatic carbocycles. The predicted molar refractivity (Wildman–Crippen MR) is 69.6 cm³/mol. The van der Waals surface area contributed by atoms with Crippen LogP contribution in [0.3, 0.4) is 0 Å². The highest BCUT2D eigenvalue weighted by molar-refractivity contribution is 5.97. The molecule has 0 saturated carbocycles. The molecule has 18 heavy (non-hydrogen) atoms. The Morgan fingerprint density at radius 1 is 1.11 bits per heavy atom. The number of carbonyl (C=O) groups excluding carboxylic acids is 1. The molecule has 0 saturated heterocycles. The van der Waals surface area contributed by atoms with Gasteiger partial charge in [0.15, 0.2) is 12.0 Å². The standard InChI is InChI=1S/C15H11NO2/c1-10-5-4-8-13-14(10)16-18-15(13)12-7-3-2-6-11(12)9-17/h2-9H,1H3. The van der Waals surface area contributed by atoms with E-state index < -0.39 is 0 Å². The van der Waals surface area contributed by atoms with Gasteiger partial charge < -0.3 is 4.52 Å². The summed E-state index contributed by atoms with van der Waals surface area (Å²) in [5, 5.41) is 5.01. The Kier molecular flexibility index (Phi) is 2.45. The number of aldehydes is 1. The van der Waals surface area contributed by atoms with E-state index in [1.807, 2.05) is 43.3 Å². The van der Waals surface area contributed by atoms with Crippen LogP contribution in [0.2, 0.25) is 0 Å². The third-order valence-electron chi connectivity index (χ3n) is 3.04. The topological polar surface area (TPSA) is 43.1 Å². The molecule has 0 fully saturated rings. The van der Waals surface area contributed by atoms with Gasteiger partial charge in [0, 0.05) is 11.1 Å². The number of hydrogen-bond donors (Lipinski definition) is 0. The summed E-state index contributed by atoms with van der Waals surface area (Å²) in [6.45, 7) is 1.99. The molecular weight excluding hydrogens is 226 g/mol. The molecule has 88 valence electrons. The Bertz CT molecular complexity index is 728. The van der Waals surface area contributed by atoms with Crippen LogP contribution in [0.5, 0.6) is 0 Å². The van der Waals surface area contributed by atoms with Gasteiger partial charge in [-0.1, -0.05) is 41.6 Å². The van der Waals surface area contributed by atoms with Crippen LogP contribution < -0.4 is 0 Å². The lowest BCUT2D eigenvalue weighted by molar-refractivity contribution is 0.112. The van der Waals surface area contributed by atoms with Gasteiger partial charge in [-0.25, -0.2) is 0 Å². The summed E-state index contributed by atoms with van der Waals surface area (Å²) in [5.74, 6) is 0.649. The van der Waals surface area contributed by atoms with Gasteiger partial charge in [0.05, 0.1) is 5.39 Å². The first kappa shape index (κ1) is 10.7. The van der Waals surface area contributed by atoms with Gasteiger partial charge in [-0.15, -0.1) is 0 Å². The van der Waals surface area contributed by atoms with E-state index in [-0.39, 0.29) is 0 Å². The van der Waals surface area contributed by atoms with Gasteiger partial charge in [-0.3, -0.25) is 4.79 Å². The van der Waals surface area contributed by atoms with Crippen LogP contribution in [0.4, 0.5) is 0 Å². The number of nitrogens with zero attached hydrogens (tertiary/aromatic N) is 1. The van der Waals surface area contributed by atoms with Gasteiger partial charge in [-0.05, 0) is 18.6 Å². The van der Waals surface area contributed by atoms with E-state index in [4.69, 9.17) is 4.52 Å². The summed E-state index contributed by atoms with van der Waals surface area (Å²) in [7, 11) is 0. The fourth-order valence-corrected chi connectivity index (χ4v) is 2.10. The van der Waals surface area contributed by atoms with Crippen LogP contribution >= 0.6 is 0 Å². The summed E-state index contributed by atoms with van der Waals surface area (Å²) >= 11 is 0. The van der Waals surface area contributed by atoms with Crippen molar-refractivity contribution in [2.24, 2.45) is 0 Å². The average Bonchev–Trinajstić information content (AvgIpc) is 2.84. The minimum atomic E-state index is 0.608. The first-order valence-electron chi connectivity index (χ1n) is 5.71. The highest BCUT2D eigenvalue weighted by atomic mass is 16.5. The molecule has 0 aliphatic rings. The lowest BCUT2D eigenvalue weighted by Crippen LogP contribution is -1.85. The molecule has 3 heteroatoms. The van der Waals surface area contributed by atoms with Crippen molar-refractivity contribution in [3.05, 3.63) is 53.6 Å². The summed E-state index contributed by atoms with van der Waals surface area (Å²) in [6.07, 6.45) is 0.833. The maximum absolute atomic E-state index is 11.1. The van der Waals surface area contributed by atoms with Crippen molar-refractivity contribution in [1.29, 1.82) is 0 Å². The Hall–Kier alpha value is -2.42. The molecular formula is C15H11NO2. The van der Waals surface area contributed by atoms with Gasteiger partial charge in [-0.2, -0.15) is 0 Å². The molecule has 3 aromatic rings. The molecule has 0 bridgehead atoms. The maximum Gasteiger partial charge on any atom is 0.175 e. The zero-order valence-electron chi connectivity index (χ0n) is 9.88. The quantitative estimate of drug-likeness (QED) is 0.639. The Balaban J connectivity index is 2.32. The van der Waals surface area contributed by atoms with E-state index in [1.54, 1.807) is 6.07 Å². The van der Waals surface area contributed by atoms with Gasteiger partial charge >= 0.3 is 0 Å². The number of carbonyl (C=O) groups is 1. The van der Waals surface area contributed by atoms with Crippen LogP contribution in [0, 0.1) is 6.92 Å². The molecule has 1 aromatic heterocycles. The molecule has 0 aliphatic carbocycles. The van der Waals surface area contributed by atoms with Crippen molar-refractivity contribution in [1.82, 2.24) is 5.16 Å². The van der Waals surface area contributed by atoms with Crippen LogP contribution in [0.1, 0.15) is 15.9 Å². The van der Waals surface area contributed by atoms with Crippen molar-refractivity contribution in [3.8, 4) is 11.3 Å². The Morgan fingerprint density at radius 3 is 2.78 bits per heavy atom. The number of rotatable bonds is 2. The van der Waals surface area contributed by atoms with E-state index in [0.717, 1.165) is 28.3 Å². The zero-order chi connectivity index (χ0) is 12.5. The third-order valence-corrected chi connectivity index (χ3v) is 3.04. The van der Waals surface area contributed by atoms with Gasteiger partial charge in [0.1, 0.15) is 5.52 Å². The fourth-order valence-electron chi connectivity index (χ4n) is 2.10. The van der Waals surface area contributed by atoms with E-state index in [2.05, 4.69) is 5.16 Å². The second-order valence-corrected chi connectivity index (χ2v) is 4.19. The van der Waals surface area contributed by atoms with Crippen molar-refractivity contribution in [2.75, 3.05) is 0 Å². The Labute approximate surface area is 104 Å². The molecule has 0 radical (unpaired) electrons. The van der Waals surface area contributed by atoms with E-state index in [0.29, 0.717) is 11.3 Å². The molecule has 3 rings (SSSR count). The van der Waals surface area contributed by atoms with Crippen LogP contribution in [-0.2, 0) is 0 Å². The number of aryl methyl sites for hydroxylation is 1. The molecule has 0 unspecified atom stereocenters. The van der Waals surface area contributed by atoms with Crippen LogP contribution in [0.15, 0.2) is 47.0 Å². The number of benzene rings is 2. The lowest BCUT2D eigenvalue weighted by atomic mass is 10.0. The molecule has 0 aliphatic heterocycles. The third kappa shape index (κ3) is 1.52. The molecule has 3 nitrogen and oxygen atoms in total. The first-order chi connectivity index (χ1) is 8.81. The highest BCUT2D eigenvalue weighted by Gasteiger charge is 2.14. The largest absolute Gasteiger partial charge is 0.355 e. The molecule has 0 atom stereocenters. The normalized spacial score (nSPS) is 10.7. The van der Waals surface area contributed by atoms with Crippen molar-refractivity contribution in [2.45, 2.75) is 6.92 Å².